The largest absolute Gasteiger partial charge is 0.508 e. The number of hydrogen-bond acceptors (Lipinski definition) is 4. The van der Waals surface area contributed by atoms with Gasteiger partial charge in [0.25, 0.3) is 0 Å². The number of aromatic nitrogens is 1. The standard InChI is InChI=1S/C12H12N2O4.ClH/c13-9(12(17)18)3-6-4-11(16)14-10-2-1-7(15)5-8(6)10;/h1-2,4-5,9,15H,3,13H2,(H,14,16)(H,17,18);1H. The number of nitrogens with two attached hydrogens (primary N) is 1. The molecule has 19 heavy (non-hydrogen) atoms. The zero-order valence-corrected chi connectivity index (χ0v) is 10.6. The summed E-state index contributed by atoms with van der Waals surface area (Å²) in [7, 11) is 0. The van der Waals surface area contributed by atoms with Gasteiger partial charge < -0.3 is 20.9 Å². The summed E-state index contributed by atoms with van der Waals surface area (Å²) in [5.41, 5.74) is 6.16. The molecule has 7 heteroatoms. The van der Waals surface area contributed by atoms with E-state index in [4.69, 9.17) is 10.8 Å². The summed E-state index contributed by atoms with van der Waals surface area (Å²) in [6.07, 6.45) is 0.0270. The number of pyridine rings is 1. The molecule has 1 atom stereocenters. The van der Waals surface area contributed by atoms with E-state index < -0.39 is 12.0 Å². The minimum atomic E-state index is -1.14. The lowest BCUT2D eigenvalue weighted by Gasteiger charge is -2.09. The Labute approximate surface area is 114 Å². The van der Waals surface area contributed by atoms with E-state index in [0.717, 1.165) is 0 Å². The van der Waals surface area contributed by atoms with E-state index in [1.807, 2.05) is 0 Å². The zero-order valence-electron chi connectivity index (χ0n) is 9.79. The number of phenolic OH excluding ortho intramolecular Hbond substituents is 1. The van der Waals surface area contributed by atoms with Gasteiger partial charge >= 0.3 is 5.97 Å². The summed E-state index contributed by atoms with van der Waals surface area (Å²) < 4.78 is 0. The van der Waals surface area contributed by atoms with E-state index in [1.165, 1.54) is 18.2 Å². The van der Waals surface area contributed by atoms with Crippen LogP contribution in [-0.4, -0.2) is 27.2 Å². The predicted molar refractivity (Wildman–Crippen MR) is 72.8 cm³/mol. The number of aliphatic carboxylic acids is 1. The molecule has 6 nitrogen and oxygen atoms in total. The Bertz CT molecular complexity index is 668. The van der Waals surface area contributed by atoms with Crippen molar-refractivity contribution in [3.8, 4) is 5.75 Å². The molecule has 5 N–H and O–H groups in total. The fourth-order valence-corrected chi connectivity index (χ4v) is 1.80. The molecule has 0 radical (unpaired) electrons. The first-order chi connectivity index (χ1) is 8.47. The first-order valence-electron chi connectivity index (χ1n) is 5.30. The molecule has 0 spiro atoms. The molecule has 1 heterocycles. The smallest absolute Gasteiger partial charge is 0.320 e. The van der Waals surface area contributed by atoms with Gasteiger partial charge in [-0.25, -0.2) is 0 Å². The Kier molecular flexibility index (Phi) is 4.52. The van der Waals surface area contributed by atoms with E-state index in [0.29, 0.717) is 16.5 Å². The number of hydrogen-bond donors (Lipinski definition) is 4. The van der Waals surface area contributed by atoms with Crippen LogP contribution in [0.25, 0.3) is 10.9 Å². The molecule has 0 bridgehead atoms. The van der Waals surface area contributed by atoms with E-state index in [2.05, 4.69) is 4.98 Å². The second-order valence-electron chi connectivity index (χ2n) is 4.04. The van der Waals surface area contributed by atoms with Gasteiger partial charge in [0.15, 0.2) is 0 Å². The van der Waals surface area contributed by atoms with Crippen LogP contribution in [0, 0.1) is 0 Å². The number of H-pyrrole nitrogens is 1. The molecule has 2 rings (SSSR count). The van der Waals surface area contributed by atoms with Crippen molar-refractivity contribution >= 4 is 29.3 Å². The van der Waals surface area contributed by atoms with Gasteiger partial charge in [0.2, 0.25) is 5.56 Å². The average molecular weight is 285 g/mol. The first kappa shape index (κ1) is 15.0. The predicted octanol–water partition coefficient (Wildman–Crippen LogP) is 0.610. The average Bonchev–Trinajstić information content (AvgIpc) is 2.29. The van der Waals surface area contributed by atoms with Crippen molar-refractivity contribution in [2.45, 2.75) is 12.5 Å². The summed E-state index contributed by atoms with van der Waals surface area (Å²) >= 11 is 0. The second-order valence-corrected chi connectivity index (χ2v) is 4.04. The molecule has 0 amide bonds. The topological polar surface area (TPSA) is 116 Å². The van der Waals surface area contributed by atoms with Gasteiger partial charge in [-0.2, -0.15) is 0 Å². The Morgan fingerprint density at radius 1 is 1.37 bits per heavy atom. The molecule has 2 aromatic rings. The Balaban J connectivity index is 0.00000180. The monoisotopic (exact) mass is 284 g/mol. The van der Waals surface area contributed by atoms with Crippen molar-refractivity contribution in [1.82, 2.24) is 4.98 Å². The van der Waals surface area contributed by atoms with Crippen molar-refractivity contribution < 1.29 is 15.0 Å². The Hall–Kier alpha value is -2.05. The summed E-state index contributed by atoms with van der Waals surface area (Å²) in [5, 5.41) is 18.8. The molecular weight excluding hydrogens is 272 g/mol. The number of carboxylic acids is 1. The Morgan fingerprint density at radius 3 is 2.68 bits per heavy atom. The fraction of sp³-hybridized carbons (Fsp3) is 0.167. The number of phenols is 1. The summed E-state index contributed by atoms with van der Waals surface area (Å²) in [6, 6.07) is 4.68. The van der Waals surface area contributed by atoms with Gasteiger partial charge in [0.1, 0.15) is 11.8 Å². The lowest BCUT2D eigenvalue weighted by atomic mass is 10.0. The molecule has 0 saturated carbocycles. The lowest BCUT2D eigenvalue weighted by molar-refractivity contribution is -0.138. The van der Waals surface area contributed by atoms with Crippen molar-refractivity contribution in [3.63, 3.8) is 0 Å². The number of carboxylic acid groups (broad SMARTS) is 1. The number of rotatable bonds is 3. The van der Waals surface area contributed by atoms with Crippen LogP contribution < -0.4 is 11.3 Å². The number of aromatic amines is 1. The lowest BCUT2D eigenvalue weighted by Crippen LogP contribution is -2.32. The van der Waals surface area contributed by atoms with E-state index >= 15 is 0 Å². The number of nitrogens with one attached hydrogen (secondary N) is 1. The number of fused-ring (bicyclic) bond motifs is 1. The molecule has 1 aromatic heterocycles. The summed E-state index contributed by atoms with van der Waals surface area (Å²) in [5.74, 6) is -1.09. The number of aromatic hydroxyl groups is 1. The number of halogens is 1. The molecule has 0 fully saturated rings. The normalized spacial score (nSPS) is 11.8. The van der Waals surface area contributed by atoms with Crippen LogP contribution in [0.2, 0.25) is 0 Å². The van der Waals surface area contributed by atoms with Crippen molar-refractivity contribution in [3.05, 3.63) is 40.2 Å². The molecule has 0 aliphatic carbocycles. The van der Waals surface area contributed by atoms with Crippen LogP contribution in [0.5, 0.6) is 5.75 Å². The van der Waals surface area contributed by atoms with E-state index in [-0.39, 0.29) is 30.1 Å². The van der Waals surface area contributed by atoms with E-state index in [1.54, 1.807) is 6.07 Å². The highest BCUT2D eigenvalue weighted by Crippen LogP contribution is 2.21. The third-order valence-corrected chi connectivity index (χ3v) is 2.67. The summed E-state index contributed by atoms with van der Waals surface area (Å²) in [6.45, 7) is 0. The van der Waals surface area contributed by atoms with Gasteiger partial charge in [0.05, 0.1) is 0 Å². The number of benzene rings is 1. The maximum atomic E-state index is 11.4. The highest BCUT2D eigenvalue weighted by atomic mass is 35.5. The Morgan fingerprint density at radius 2 is 2.05 bits per heavy atom. The van der Waals surface area contributed by atoms with Gasteiger partial charge in [-0.3, -0.25) is 9.59 Å². The van der Waals surface area contributed by atoms with Crippen molar-refractivity contribution in [1.29, 1.82) is 0 Å². The molecule has 0 saturated heterocycles. The zero-order chi connectivity index (χ0) is 13.3. The molecule has 102 valence electrons. The molecule has 1 unspecified atom stereocenters. The van der Waals surface area contributed by atoms with Gasteiger partial charge in [0, 0.05) is 17.0 Å². The first-order valence-corrected chi connectivity index (χ1v) is 5.30. The van der Waals surface area contributed by atoms with Crippen molar-refractivity contribution in [2.24, 2.45) is 5.73 Å². The van der Waals surface area contributed by atoms with Gasteiger partial charge in [-0.05, 0) is 30.2 Å². The van der Waals surface area contributed by atoms with Crippen LogP contribution in [0.3, 0.4) is 0 Å². The number of carbonyl (C=O) groups is 1. The fourth-order valence-electron chi connectivity index (χ4n) is 1.80. The maximum absolute atomic E-state index is 11.4. The molecule has 0 aliphatic rings. The third-order valence-electron chi connectivity index (χ3n) is 2.67. The van der Waals surface area contributed by atoms with Gasteiger partial charge in [-0.15, -0.1) is 12.4 Å². The van der Waals surface area contributed by atoms with Crippen molar-refractivity contribution in [2.75, 3.05) is 0 Å². The highest BCUT2D eigenvalue weighted by Gasteiger charge is 2.14. The quantitative estimate of drug-likeness (QED) is 0.659. The molecule has 0 aliphatic heterocycles. The van der Waals surface area contributed by atoms with Crippen LogP contribution in [0.15, 0.2) is 29.1 Å². The van der Waals surface area contributed by atoms with Crippen LogP contribution in [0.4, 0.5) is 0 Å². The van der Waals surface area contributed by atoms with Crippen LogP contribution in [-0.2, 0) is 11.2 Å². The van der Waals surface area contributed by atoms with Crippen LogP contribution >= 0.6 is 12.4 Å². The minimum absolute atomic E-state index is 0. The van der Waals surface area contributed by atoms with E-state index in [9.17, 15) is 14.7 Å². The van der Waals surface area contributed by atoms with Crippen LogP contribution in [0.1, 0.15) is 5.56 Å². The third kappa shape index (κ3) is 3.24. The van der Waals surface area contributed by atoms with Gasteiger partial charge in [-0.1, -0.05) is 0 Å². The molecule has 1 aromatic carbocycles. The SMILES string of the molecule is Cl.NC(Cc1cc(=O)[nH]c2ccc(O)cc12)C(=O)O. The maximum Gasteiger partial charge on any atom is 0.320 e. The molecular formula is C12H13ClN2O4. The second kappa shape index (κ2) is 5.73. The minimum Gasteiger partial charge on any atom is -0.508 e. The summed E-state index contributed by atoms with van der Waals surface area (Å²) in [4.78, 5) is 24.8. The highest BCUT2D eigenvalue weighted by molar-refractivity contribution is 5.85.